The highest BCUT2D eigenvalue weighted by Crippen LogP contribution is 2.34. The van der Waals surface area contributed by atoms with Crippen LogP contribution in [0.1, 0.15) is 28.8 Å². The fourth-order valence-electron chi connectivity index (χ4n) is 2.24. The summed E-state index contributed by atoms with van der Waals surface area (Å²) >= 11 is 0. The number of halogens is 3. The van der Waals surface area contributed by atoms with Gasteiger partial charge in [0, 0.05) is 5.56 Å². The second kappa shape index (κ2) is 7.04. The average molecular weight is 350 g/mol. The number of ether oxygens (including phenoxy) is 1. The Hall–Kier alpha value is -2.70. The van der Waals surface area contributed by atoms with Gasteiger partial charge in [-0.15, -0.1) is 0 Å². The molecule has 7 heteroatoms. The molecule has 0 bridgehead atoms. The minimum Gasteiger partial charge on any atom is -0.493 e. The quantitative estimate of drug-likeness (QED) is 0.766. The smallest absolute Gasteiger partial charge is 0.418 e. The van der Waals surface area contributed by atoms with Gasteiger partial charge in [0.1, 0.15) is 5.75 Å². The molecule has 25 heavy (non-hydrogen) atoms. The number of benzene rings is 2. The van der Waals surface area contributed by atoms with Crippen molar-refractivity contribution in [2.24, 2.45) is 5.92 Å². The predicted octanol–water partition coefficient (Wildman–Crippen LogP) is 4.25. The summed E-state index contributed by atoms with van der Waals surface area (Å²) in [5, 5.41) is 0. The minimum absolute atomic E-state index is 0.215. The lowest BCUT2D eigenvalue weighted by molar-refractivity contribution is -0.137. The van der Waals surface area contributed by atoms with Crippen LogP contribution in [-0.2, 0) is 6.18 Å². The number of rotatable bonds is 6. The number of amides is 1. The first-order valence-electron chi connectivity index (χ1n) is 7.89. The van der Waals surface area contributed by atoms with Crippen molar-refractivity contribution >= 4 is 11.6 Å². The number of hydrazine groups is 1. The van der Waals surface area contributed by atoms with Crippen molar-refractivity contribution in [1.82, 2.24) is 5.43 Å². The molecule has 2 aromatic carbocycles. The SMILES string of the molecule is O=C(NNc1ccccc1C(F)(F)F)c1ccc(OCC2CC2)cc1. The van der Waals surface area contributed by atoms with E-state index >= 15 is 0 Å². The predicted molar refractivity (Wildman–Crippen MR) is 87.2 cm³/mol. The maximum Gasteiger partial charge on any atom is 0.418 e. The van der Waals surface area contributed by atoms with Gasteiger partial charge < -0.3 is 4.74 Å². The highest BCUT2D eigenvalue weighted by molar-refractivity contribution is 5.95. The van der Waals surface area contributed by atoms with Crippen LogP contribution >= 0.6 is 0 Å². The summed E-state index contributed by atoms with van der Waals surface area (Å²) in [4.78, 5) is 12.1. The standard InChI is InChI=1S/C18H17F3N2O2/c19-18(20,21)15-3-1-2-4-16(15)22-23-17(24)13-7-9-14(10-8-13)25-11-12-5-6-12/h1-4,7-10,12,22H,5-6,11H2,(H,23,24). The Morgan fingerprint density at radius 2 is 1.76 bits per heavy atom. The van der Waals surface area contributed by atoms with E-state index in [0.717, 1.165) is 6.07 Å². The Bertz CT molecular complexity index is 741. The molecule has 1 fully saturated rings. The molecular weight excluding hydrogens is 333 g/mol. The first kappa shape index (κ1) is 17.1. The number of para-hydroxylation sites is 1. The molecule has 0 atom stereocenters. The molecule has 1 amide bonds. The molecule has 2 aromatic rings. The van der Waals surface area contributed by atoms with E-state index in [-0.39, 0.29) is 5.69 Å². The van der Waals surface area contributed by atoms with Crippen LogP contribution in [0, 0.1) is 5.92 Å². The second-order valence-corrected chi connectivity index (χ2v) is 5.90. The lowest BCUT2D eigenvalue weighted by Crippen LogP contribution is -2.30. The molecule has 0 aromatic heterocycles. The lowest BCUT2D eigenvalue weighted by atomic mass is 10.2. The van der Waals surface area contributed by atoms with Gasteiger partial charge in [-0.1, -0.05) is 12.1 Å². The van der Waals surface area contributed by atoms with Crippen molar-refractivity contribution in [3.05, 3.63) is 59.7 Å². The Kier molecular flexibility index (Phi) is 4.83. The summed E-state index contributed by atoms with van der Waals surface area (Å²) in [6.07, 6.45) is -2.13. The van der Waals surface area contributed by atoms with Crippen LogP contribution in [-0.4, -0.2) is 12.5 Å². The molecule has 3 rings (SSSR count). The van der Waals surface area contributed by atoms with E-state index in [2.05, 4.69) is 10.9 Å². The summed E-state index contributed by atoms with van der Waals surface area (Å²) in [6, 6.07) is 11.4. The summed E-state index contributed by atoms with van der Waals surface area (Å²) < 4.78 is 44.3. The van der Waals surface area contributed by atoms with E-state index in [1.165, 1.54) is 31.0 Å². The third-order valence-corrected chi connectivity index (χ3v) is 3.84. The normalized spacial score (nSPS) is 14.0. The van der Waals surface area contributed by atoms with Crippen LogP contribution in [0.15, 0.2) is 48.5 Å². The fourth-order valence-corrected chi connectivity index (χ4v) is 2.24. The topological polar surface area (TPSA) is 50.4 Å². The van der Waals surface area contributed by atoms with Crippen LogP contribution in [0.3, 0.4) is 0 Å². The van der Waals surface area contributed by atoms with Gasteiger partial charge in [0.25, 0.3) is 5.91 Å². The third kappa shape index (κ3) is 4.65. The highest BCUT2D eigenvalue weighted by Gasteiger charge is 2.33. The summed E-state index contributed by atoms with van der Waals surface area (Å²) in [6.45, 7) is 0.668. The minimum atomic E-state index is -4.51. The number of alkyl halides is 3. The molecule has 0 spiro atoms. The Labute approximate surface area is 143 Å². The molecule has 0 heterocycles. The number of hydrogen-bond acceptors (Lipinski definition) is 3. The van der Waals surface area contributed by atoms with Crippen LogP contribution < -0.4 is 15.6 Å². The van der Waals surface area contributed by atoms with E-state index in [4.69, 9.17) is 4.74 Å². The maximum absolute atomic E-state index is 12.9. The highest BCUT2D eigenvalue weighted by atomic mass is 19.4. The molecule has 1 aliphatic carbocycles. The number of nitrogens with one attached hydrogen (secondary N) is 2. The van der Waals surface area contributed by atoms with Gasteiger partial charge in [-0.25, -0.2) is 0 Å². The first-order valence-corrected chi connectivity index (χ1v) is 7.89. The van der Waals surface area contributed by atoms with Crippen molar-refractivity contribution in [3.63, 3.8) is 0 Å². The van der Waals surface area contributed by atoms with Gasteiger partial charge in [-0.2, -0.15) is 13.2 Å². The number of carbonyl (C=O) groups is 1. The van der Waals surface area contributed by atoms with Gasteiger partial charge in [-0.3, -0.25) is 15.6 Å². The molecule has 2 N–H and O–H groups in total. The summed E-state index contributed by atoms with van der Waals surface area (Å²) in [5.41, 5.74) is 3.86. The number of hydrogen-bond donors (Lipinski definition) is 2. The van der Waals surface area contributed by atoms with Gasteiger partial charge in [0.05, 0.1) is 17.9 Å². The third-order valence-electron chi connectivity index (χ3n) is 3.84. The number of carbonyl (C=O) groups excluding carboxylic acids is 1. The van der Waals surface area contributed by atoms with Crippen LogP contribution in [0.4, 0.5) is 18.9 Å². The van der Waals surface area contributed by atoms with Crippen molar-refractivity contribution < 1.29 is 22.7 Å². The van der Waals surface area contributed by atoms with Crippen LogP contribution in [0.25, 0.3) is 0 Å². The second-order valence-electron chi connectivity index (χ2n) is 5.90. The Morgan fingerprint density at radius 1 is 1.08 bits per heavy atom. The molecule has 0 radical (unpaired) electrons. The largest absolute Gasteiger partial charge is 0.493 e. The van der Waals surface area contributed by atoms with Gasteiger partial charge in [0.15, 0.2) is 0 Å². The number of anilines is 1. The Balaban J connectivity index is 1.59. The fraction of sp³-hybridized carbons (Fsp3) is 0.278. The van der Waals surface area contributed by atoms with E-state index in [0.29, 0.717) is 23.8 Å². The zero-order chi connectivity index (χ0) is 17.9. The van der Waals surface area contributed by atoms with E-state index in [1.807, 2.05) is 0 Å². The van der Waals surface area contributed by atoms with Crippen LogP contribution in [0.2, 0.25) is 0 Å². The summed E-state index contributed by atoms with van der Waals surface area (Å²) in [5.74, 6) is 0.755. The van der Waals surface area contributed by atoms with Crippen molar-refractivity contribution in [2.45, 2.75) is 19.0 Å². The molecule has 1 aliphatic rings. The van der Waals surface area contributed by atoms with E-state index in [9.17, 15) is 18.0 Å². The average Bonchev–Trinajstić information content (AvgIpc) is 3.42. The van der Waals surface area contributed by atoms with E-state index < -0.39 is 17.6 Å². The zero-order valence-corrected chi connectivity index (χ0v) is 13.3. The van der Waals surface area contributed by atoms with Crippen molar-refractivity contribution in [2.75, 3.05) is 12.0 Å². The van der Waals surface area contributed by atoms with Crippen molar-refractivity contribution in [1.29, 1.82) is 0 Å². The van der Waals surface area contributed by atoms with Crippen LogP contribution in [0.5, 0.6) is 5.75 Å². The zero-order valence-electron chi connectivity index (χ0n) is 13.3. The van der Waals surface area contributed by atoms with Gasteiger partial charge in [0.2, 0.25) is 0 Å². The molecular formula is C18H17F3N2O2. The van der Waals surface area contributed by atoms with Crippen molar-refractivity contribution in [3.8, 4) is 5.75 Å². The molecule has 4 nitrogen and oxygen atoms in total. The lowest BCUT2D eigenvalue weighted by Gasteiger charge is -2.15. The molecule has 0 saturated heterocycles. The summed E-state index contributed by atoms with van der Waals surface area (Å²) in [7, 11) is 0. The maximum atomic E-state index is 12.9. The molecule has 1 saturated carbocycles. The van der Waals surface area contributed by atoms with Gasteiger partial charge >= 0.3 is 6.18 Å². The molecule has 132 valence electrons. The monoisotopic (exact) mass is 350 g/mol. The first-order chi connectivity index (χ1) is 11.9. The van der Waals surface area contributed by atoms with Gasteiger partial charge in [-0.05, 0) is 55.2 Å². The molecule has 0 aliphatic heterocycles. The molecule has 0 unspecified atom stereocenters. The Morgan fingerprint density at radius 3 is 2.40 bits per heavy atom. The van der Waals surface area contributed by atoms with E-state index in [1.54, 1.807) is 24.3 Å².